The first-order chi connectivity index (χ1) is 8.21. The maximum Gasteiger partial charge on any atom is 0.227 e. The number of carbonyl (C=O) groups excluding carboxylic acids is 1. The molecule has 0 heterocycles. The Labute approximate surface area is 113 Å². The Hall–Kier alpha value is -1.30. The SMILES string of the molecule is COc1ccccc1NC(=O)CC(CN)OC.Cl. The Morgan fingerprint density at radius 1 is 1.39 bits per heavy atom. The molecule has 0 radical (unpaired) electrons. The Balaban J connectivity index is 0.00000289. The zero-order valence-corrected chi connectivity index (χ0v) is 11.3. The van der Waals surface area contributed by atoms with E-state index in [1.54, 1.807) is 19.2 Å². The highest BCUT2D eigenvalue weighted by Crippen LogP contribution is 2.23. The van der Waals surface area contributed by atoms with Crippen LogP contribution < -0.4 is 15.8 Å². The number of nitrogens with one attached hydrogen (secondary N) is 1. The van der Waals surface area contributed by atoms with Gasteiger partial charge in [0, 0.05) is 13.7 Å². The first-order valence-electron chi connectivity index (χ1n) is 5.37. The predicted molar refractivity (Wildman–Crippen MR) is 73.3 cm³/mol. The van der Waals surface area contributed by atoms with Gasteiger partial charge in [-0.25, -0.2) is 0 Å². The zero-order valence-electron chi connectivity index (χ0n) is 10.5. The lowest BCUT2D eigenvalue weighted by atomic mass is 10.2. The number of rotatable bonds is 6. The summed E-state index contributed by atoms with van der Waals surface area (Å²) in [5.74, 6) is 0.481. The van der Waals surface area contributed by atoms with Gasteiger partial charge in [0.25, 0.3) is 0 Å². The van der Waals surface area contributed by atoms with Gasteiger partial charge in [-0.05, 0) is 12.1 Å². The van der Waals surface area contributed by atoms with Gasteiger partial charge in [-0.3, -0.25) is 4.79 Å². The van der Waals surface area contributed by atoms with E-state index < -0.39 is 0 Å². The quantitative estimate of drug-likeness (QED) is 0.823. The summed E-state index contributed by atoms with van der Waals surface area (Å²) < 4.78 is 10.2. The van der Waals surface area contributed by atoms with Gasteiger partial charge in [-0.2, -0.15) is 0 Å². The monoisotopic (exact) mass is 274 g/mol. The molecule has 3 N–H and O–H groups in total. The molecule has 1 rings (SSSR count). The average Bonchev–Trinajstić information content (AvgIpc) is 2.36. The minimum absolute atomic E-state index is 0. The Bertz CT molecular complexity index is 370. The van der Waals surface area contributed by atoms with Gasteiger partial charge in [-0.15, -0.1) is 12.4 Å². The van der Waals surface area contributed by atoms with Crippen molar-refractivity contribution in [3.8, 4) is 5.75 Å². The van der Waals surface area contributed by atoms with Crippen LogP contribution in [-0.2, 0) is 9.53 Å². The average molecular weight is 275 g/mol. The molecule has 5 nitrogen and oxygen atoms in total. The summed E-state index contributed by atoms with van der Waals surface area (Å²) in [7, 11) is 3.09. The largest absolute Gasteiger partial charge is 0.495 e. The third-order valence-electron chi connectivity index (χ3n) is 2.39. The van der Waals surface area contributed by atoms with Crippen molar-refractivity contribution in [2.45, 2.75) is 12.5 Å². The number of amides is 1. The molecule has 0 saturated carbocycles. The molecule has 1 unspecified atom stereocenters. The van der Waals surface area contributed by atoms with Gasteiger partial charge in [-0.1, -0.05) is 12.1 Å². The normalized spacial score (nSPS) is 11.3. The van der Waals surface area contributed by atoms with Crippen molar-refractivity contribution in [3.05, 3.63) is 24.3 Å². The number of para-hydroxylation sites is 2. The number of carbonyl (C=O) groups is 1. The summed E-state index contributed by atoms with van der Waals surface area (Å²) in [6.07, 6.45) is -0.0323. The maximum absolute atomic E-state index is 11.7. The molecule has 0 aliphatic rings. The fraction of sp³-hybridized carbons (Fsp3) is 0.417. The highest BCUT2D eigenvalue weighted by molar-refractivity contribution is 5.92. The van der Waals surface area contributed by atoms with Crippen molar-refractivity contribution in [1.82, 2.24) is 0 Å². The van der Waals surface area contributed by atoms with Crippen molar-refractivity contribution in [2.75, 3.05) is 26.1 Å². The minimum atomic E-state index is -0.260. The molecular weight excluding hydrogens is 256 g/mol. The number of benzene rings is 1. The predicted octanol–water partition coefficient (Wildman–Crippen LogP) is 1.42. The summed E-state index contributed by atoms with van der Waals surface area (Å²) in [6, 6.07) is 7.23. The molecule has 6 heteroatoms. The smallest absolute Gasteiger partial charge is 0.227 e. The van der Waals surface area contributed by atoms with Gasteiger partial charge in [0.15, 0.2) is 0 Å². The lowest BCUT2D eigenvalue weighted by Crippen LogP contribution is -2.28. The molecule has 1 aromatic rings. The van der Waals surface area contributed by atoms with Crippen LogP contribution in [0.4, 0.5) is 5.69 Å². The van der Waals surface area contributed by atoms with Crippen molar-refractivity contribution in [3.63, 3.8) is 0 Å². The highest BCUT2D eigenvalue weighted by atomic mass is 35.5. The Kier molecular flexibility index (Phi) is 8.11. The van der Waals surface area contributed by atoms with Crippen molar-refractivity contribution >= 4 is 24.0 Å². The van der Waals surface area contributed by atoms with Gasteiger partial charge < -0.3 is 20.5 Å². The number of methoxy groups -OCH3 is 2. The second kappa shape index (κ2) is 8.74. The fourth-order valence-electron chi connectivity index (χ4n) is 1.42. The molecule has 18 heavy (non-hydrogen) atoms. The van der Waals surface area contributed by atoms with Crippen molar-refractivity contribution in [2.24, 2.45) is 5.73 Å². The molecule has 1 amide bonds. The van der Waals surface area contributed by atoms with Crippen LogP contribution in [0, 0.1) is 0 Å². The molecule has 0 spiro atoms. The van der Waals surface area contributed by atoms with Gasteiger partial charge in [0.2, 0.25) is 5.91 Å². The van der Waals surface area contributed by atoms with Crippen LogP contribution in [-0.4, -0.2) is 32.8 Å². The molecule has 0 fully saturated rings. The third kappa shape index (κ3) is 4.91. The van der Waals surface area contributed by atoms with Gasteiger partial charge in [0.05, 0.1) is 25.3 Å². The lowest BCUT2D eigenvalue weighted by Gasteiger charge is -2.14. The van der Waals surface area contributed by atoms with Gasteiger partial charge in [0.1, 0.15) is 5.75 Å². The van der Waals surface area contributed by atoms with E-state index in [1.165, 1.54) is 7.11 Å². The van der Waals surface area contributed by atoms with E-state index in [2.05, 4.69) is 5.32 Å². The molecule has 0 aromatic heterocycles. The molecule has 0 bridgehead atoms. The van der Waals surface area contributed by atoms with Crippen LogP contribution in [0.1, 0.15) is 6.42 Å². The number of hydrogen-bond acceptors (Lipinski definition) is 4. The topological polar surface area (TPSA) is 73.6 Å². The van der Waals surface area contributed by atoms with E-state index in [0.717, 1.165) is 0 Å². The Morgan fingerprint density at radius 3 is 2.61 bits per heavy atom. The number of nitrogens with two attached hydrogens (primary N) is 1. The summed E-state index contributed by atoms with van der Waals surface area (Å²) in [5, 5.41) is 2.76. The number of hydrogen-bond donors (Lipinski definition) is 2. The number of ether oxygens (including phenoxy) is 2. The Morgan fingerprint density at radius 2 is 2.06 bits per heavy atom. The van der Waals surface area contributed by atoms with Crippen LogP contribution in [0.25, 0.3) is 0 Å². The summed E-state index contributed by atoms with van der Waals surface area (Å²) in [4.78, 5) is 11.7. The van der Waals surface area contributed by atoms with Crippen LogP contribution in [0.3, 0.4) is 0 Å². The molecule has 0 aliphatic carbocycles. The lowest BCUT2D eigenvalue weighted by molar-refractivity contribution is -0.118. The van der Waals surface area contributed by atoms with E-state index in [9.17, 15) is 4.79 Å². The van der Waals surface area contributed by atoms with Crippen LogP contribution >= 0.6 is 12.4 Å². The molecule has 0 saturated heterocycles. The zero-order chi connectivity index (χ0) is 12.7. The highest BCUT2D eigenvalue weighted by Gasteiger charge is 2.12. The minimum Gasteiger partial charge on any atom is -0.495 e. The maximum atomic E-state index is 11.7. The molecule has 0 aliphatic heterocycles. The van der Waals surface area contributed by atoms with Crippen LogP contribution in [0.5, 0.6) is 5.75 Å². The van der Waals surface area contributed by atoms with E-state index in [4.69, 9.17) is 15.2 Å². The third-order valence-corrected chi connectivity index (χ3v) is 2.39. The van der Waals surface area contributed by atoms with Crippen LogP contribution in [0.2, 0.25) is 0 Å². The first kappa shape index (κ1) is 16.7. The fourth-order valence-corrected chi connectivity index (χ4v) is 1.42. The second-order valence-corrected chi connectivity index (χ2v) is 3.55. The number of halogens is 1. The second-order valence-electron chi connectivity index (χ2n) is 3.55. The summed E-state index contributed by atoms with van der Waals surface area (Å²) in [6.45, 7) is 0.315. The van der Waals surface area contributed by atoms with Crippen molar-refractivity contribution < 1.29 is 14.3 Å². The molecule has 102 valence electrons. The first-order valence-corrected chi connectivity index (χ1v) is 5.37. The molecule has 1 atom stereocenters. The van der Waals surface area contributed by atoms with Gasteiger partial charge >= 0.3 is 0 Å². The van der Waals surface area contributed by atoms with E-state index in [1.807, 2.05) is 12.1 Å². The van der Waals surface area contributed by atoms with E-state index in [0.29, 0.717) is 18.0 Å². The van der Waals surface area contributed by atoms with Crippen molar-refractivity contribution in [1.29, 1.82) is 0 Å². The summed E-state index contributed by atoms with van der Waals surface area (Å²) >= 11 is 0. The van der Waals surface area contributed by atoms with Crippen LogP contribution in [0.15, 0.2) is 24.3 Å². The standard InChI is InChI=1S/C12H18N2O3.ClH/c1-16-9(8-13)7-12(15)14-10-5-3-4-6-11(10)17-2;/h3-6,9H,7-8,13H2,1-2H3,(H,14,15);1H. The summed E-state index contributed by atoms with van der Waals surface area (Å²) in [5.41, 5.74) is 6.10. The van der Waals surface area contributed by atoms with E-state index >= 15 is 0 Å². The number of anilines is 1. The molecule has 1 aromatic carbocycles. The van der Waals surface area contributed by atoms with E-state index in [-0.39, 0.29) is 30.8 Å². The molecular formula is C12H19ClN2O3.